The first-order valence-electron chi connectivity index (χ1n) is 2.54. The summed E-state index contributed by atoms with van der Waals surface area (Å²) in [7, 11) is 0. The second-order valence-corrected chi connectivity index (χ2v) is 3.60. The molecule has 0 aliphatic carbocycles. The predicted octanol–water partition coefficient (Wildman–Crippen LogP) is 2.20. The summed E-state index contributed by atoms with van der Waals surface area (Å²) in [6.45, 7) is 1.66. The molecule has 0 aromatic carbocycles. The fourth-order valence-electron chi connectivity index (χ4n) is 0.745. The summed E-state index contributed by atoms with van der Waals surface area (Å²) in [5, 5.41) is -0.889. The summed E-state index contributed by atoms with van der Waals surface area (Å²) < 4.78 is 12.6. The highest BCUT2D eigenvalue weighted by molar-refractivity contribution is 8.00. The highest BCUT2D eigenvalue weighted by atomic mass is 32.2. The number of halogens is 1. The first-order chi connectivity index (χ1) is 3.21. The molecule has 1 heterocycles. The van der Waals surface area contributed by atoms with Gasteiger partial charge in [0.15, 0.2) is 5.00 Å². The van der Waals surface area contributed by atoms with Crippen molar-refractivity contribution in [1.82, 2.24) is 0 Å². The molecule has 1 aliphatic heterocycles. The predicted molar refractivity (Wildman–Crippen MR) is 31.2 cm³/mol. The molecule has 0 aromatic heterocycles. The van der Waals surface area contributed by atoms with Crippen LogP contribution in [0.15, 0.2) is 0 Å². The second-order valence-electron chi connectivity index (χ2n) is 2.05. The Labute approximate surface area is 47.5 Å². The van der Waals surface area contributed by atoms with Crippen molar-refractivity contribution in [2.45, 2.75) is 24.8 Å². The van der Waals surface area contributed by atoms with Crippen LogP contribution in [-0.4, -0.2) is 10.8 Å². The molecule has 0 amide bonds. The van der Waals surface area contributed by atoms with Gasteiger partial charge in [-0.15, -0.1) is 11.8 Å². The molecular weight excluding hydrogens is 111 g/mol. The lowest BCUT2D eigenvalue weighted by Crippen LogP contribution is -2.04. The van der Waals surface area contributed by atoms with Gasteiger partial charge in [0, 0.05) is 0 Å². The zero-order valence-corrected chi connectivity index (χ0v) is 5.22. The van der Waals surface area contributed by atoms with Crippen LogP contribution in [0.25, 0.3) is 0 Å². The van der Waals surface area contributed by atoms with E-state index in [0.717, 1.165) is 18.6 Å². The average molecular weight is 120 g/mol. The number of alkyl halides is 1. The summed E-state index contributed by atoms with van der Waals surface area (Å²) in [5.41, 5.74) is 0. The molecule has 0 N–H and O–H groups in total. The Hall–Kier alpha value is 0.280. The van der Waals surface area contributed by atoms with Gasteiger partial charge in [-0.1, -0.05) is 0 Å². The largest absolute Gasteiger partial charge is 0.232 e. The van der Waals surface area contributed by atoms with Crippen molar-refractivity contribution in [3.05, 3.63) is 0 Å². The molecule has 0 nitrogen and oxygen atoms in total. The van der Waals surface area contributed by atoms with Crippen LogP contribution in [0, 0.1) is 0 Å². The van der Waals surface area contributed by atoms with Gasteiger partial charge in [0.1, 0.15) is 0 Å². The molecule has 1 atom stereocenters. The van der Waals surface area contributed by atoms with E-state index in [1.807, 2.05) is 0 Å². The summed E-state index contributed by atoms with van der Waals surface area (Å²) in [6, 6.07) is 0. The monoisotopic (exact) mass is 120 g/mol. The van der Waals surface area contributed by atoms with Gasteiger partial charge in [0.25, 0.3) is 0 Å². The van der Waals surface area contributed by atoms with Crippen LogP contribution >= 0.6 is 11.8 Å². The van der Waals surface area contributed by atoms with Crippen molar-refractivity contribution in [3.8, 4) is 0 Å². The van der Waals surface area contributed by atoms with Crippen molar-refractivity contribution in [2.75, 3.05) is 5.75 Å². The van der Waals surface area contributed by atoms with Gasteiger partial charge in [-0.25, -0.2) is 4.39 Å². The zero-order valence-electron chi connectivity index (χ0n) is 4.41. The van der Waals surface area contributed by atoms with Crippen LogP contribution < -0.4 is 0 Å². The van der Waals surface area contributed by atoms with Gasteiger partial charge in [-0.2, -0.15) is 0 Å². The Morgan fingerprint density at radius 2 is 2.43 bits per heavy atom. The second kappa shape index (κ2) is 1.66. The van der Waals surface area contributed by atoms with Crippen molar-refractivity contribution >= 4 is 11.8 Å². The summed E-state index contributed by atoms with van der Waals surface area (Å²) in [5.74, 6) is 1.01. The molecule has 1 aliphatic rings. The van der Waals surface area contributed by atoms with Crippen LogP contribution in [0.3, 0.4) is 0 Å². The molecule has 1 rings (SSSR count). The fraction of sp³-hybridized carbons (Fsp3) is 1.00. The third kappa shape index (κ3) is 1.34. The molecule has 0 aromatic rings. The van der Waals surface area contributed by atoms with E-state index in [0.29, 0.717) is 0 Å². The number of thioether (sulfide) groups is 1. The zero-order chi connectivity index (χ0) is 5.33. The Morgan fingerprint density at radius 1 is 1.71 bits per heavy atom. The molecule has 1 saturated heterocycles. The first kappa shape index (κ1) is 5.42. The Bertz CT molecular complexity index is 62.5. The minimum Gasteiger partial charge on any atom is -0.232 e. The van der Waals surface area contributed by atoms with E-state index in [9.17, 15) is 4.39 Å². The molecular formula is C5H9FS. The van der Waals surface area contributed by atoms with Crippen molar-refractivity contribution in [3.63, 3.8) is 0 Å². The topological polar surface area (TPSA) is 0 Å². The van der Waals surface area contributed by atoms with Crippen molar-refractivity contribution in [2.24, 2.45) is 0 Å². The number of hydrogen-bond donors (Lipinski definition) is 0. The minimum absolute atomic E-state index is 0.748. The van der Waals surface area contributed by atoms with Crippen molar-refractivity contribution in [1.29, 1.82) is 0 Å². The molecule has 42 valence electrons. The van der Waals surface area contributed by atoms with E-state index >= 15 is 0 Å². The third-order valence-corrected chi connectivity index (χ3v) is 2.47. The normalized spacial score (nSPS) is 42.0. The summed E-state index contributed by atoms with van der Waals surface area (Å²) in [4.78, 5) is 0. The Kier molecular flexibility index (Phi) is 1.28. The van der Waals surface area contributed by atoms with Gasteiger partial charge in [0.2, 0.25) is 0 Å². The van der Waals surface area contributed by atoms with E-state index < -0.39 is 5.00 Å². The highest BCUT2D eigenvalue weighted by Gasteiger charge is 2.27. The number of rotatable bonds is 0. The molecule has 0 spiro atoms. The van der Waals surface area contributed by atoms with Crippen LogP contribution in [0.2, 0.25) is 0 Å². The van der Waals surface area contributed by atoms with Gasteiger partial charge >= 0.3 is 0 Å². The minimum atomic E-state index is -0.889. The molecule has 0 bridgehead atoms. The third-order valence-electron chi connectivity index (χ3n) is 1.17. The smallest absolute Gasteiger partial charge is 0.153 e. The maximum atomic E-state index is 12.6. The van der Waals surface area contributed by atoms with Crippen LogP contribution in [0.5, 0.6) is 0 Å². The molecule has 0 radical (unpaired) electrons. The maximum Gasteiger partial charge on any atom is 0.153 e. The number of hydrogen-bond acceptors (Lipinski definition) is 1. The summed E-state index contributed by atoms with van der Waals surface area (Å²) in [6.07, 6.45) is 1.80. The molecule has 7 heavy (non-hydrogen) atoms. The van der Waals surface area contributed by atoms with Gasteiger partial charge < -0.3 is 0 Å². The van der Waals surface area contributed by atoms with Crippen molar-refractivity contribution < 1.29 is 4.39 Å². The van der Waals surface area contributed by atoms with Gasteiger partial charge in [-0.3, -0.25) is 0 Å². The molecule has 1 unspecified atom stereocenters. The van der Waals surface area contributed by atoms with Crippen LogP contribution in [-0.2, 0) is 0 Å². The Morgan fingerprint density at radius 3 is 2.57 bits per heavy atom. The lowest BCUT2D eigenvalue weighted by Gasteiger charge is -2.07. The lowest BCUT2D eigenvalue weighted by molar-refractivity contribution is 0.308. The first-order valence-corrected chi connectivity index (χ1v) is 3.52. The SMILES string of the molecule is CC1(F)CCCS1. The highest BCUT2D eigenvalue weighted by Crippen LogP contribution is 2.38. The average Bonchev–Trinajstić information content (AvgIpc) is 1.84. The molecule has 2 heteroatoms. The fourth-order valence-corrected chi connectivity index (χ4v) is 1.75. The quantitative estimate of drug-likeness (QED) is 0.472. The van der Waals surface area contributed by atoms with Gasteiger partial charge in [0.05, 0.1) is 0 Å². The van der Waals surface area contributed by atoms with E-state index in [1.165, 1.54) is 11.8 Å². The van der Waals surface area contributed by atoms with Crippen LogP contribution in [0.4, 0.5) is 4.39 Å². The van der Waals surface area contributed by atoms with E-state index in [1.54, 1.807) is 6.92 Å². The van der Waals surface area contributed by atoms with Crippen LogP contribution in [0.1, 0.15) is 19.8 Å². The maximum absolute atomic E-state index is 12.6. The van der Waals surface area contributed by atoms with E-state index in [-0.39, 0.29) is 0 Å². The van der Waals surface area contributed by atoms with E-state index in [4.69, 9.17) is 0 Å². The standard InChI is InChI=1S/C5H9FS/c1-5(6)3-2-4-7-5/h2-4H2,1H3. The Balaban J connectivity index is 2.40. The molecule has 0 saturated carbocycles. The van der Waals surface area contributed by atoms with Gasteiger partial charge in [-0.05, 0) is 25.5 Å². The lowest BCUT2D eigenvalue weighted by atomic mass is 10.2. The summed E-state index contributed by atoms with van der Waals surface area (Å²) >= 11 is 1.43. The van der Waals surface area contributed by atoms with E-state index in [2.05, 4.69) is 0 Å². The molecule has 1 fully saturated rings.